The molecule has 0 amide bonds. The van der Waals surface area contributed by atoms with Crippen LogP contribution in [0.1, 0.15) is 0 Å². The Balaban J connectivity index is -0.000000405. The molecule has 12 heavy (non-hydrogen) atoms. The van der Waals surface area contributed by atoms with E-state index in [2.05, 4.69) is 14.8 Å². The summed E-state index contributed by atoms with van der Waals surface area (Å²) in [5, 5.41) is 0. The van der Waals surface area contributed by atoms with Crippen LogP contribution < -0.4 is 74.6 Å². The van der Waals surface area contributed by atoms with Gasteiger partial charge in [-0.05, 0) is 0 Å². The molecule has 62 valence electrons. The first-order valence-corrected chi connectivity index (χ1v) is 4.48. The van der Waals surface area contributed by atoms with Crippen molar-refractivity contribution in [2.75, 3.05) is 0 Å². The Morgan fingerprint density at radius 1 is 1.08 bits per heavy atom. The van der Waals surface area contributed by atoms with Gasteiger partial charge in [-0.1, -0.05) is 0 Å². The van der Waals surface area contributed by atoms with Crippen LogP contribution in [0.15, 0.2) is 0 Å². The van der Waals surface area contributed by atoms with Gasteiger partial charge in [0.25, 0.3) is 0 Å². The van der Waals surface area contributed by atoms with Gasteiger partial charge in [0.2, 0.25) is 6.41 Å². The zero-order valence-electron chi connectivity index (χ0n) is 6.60. The third-order valence-electron chi connectivity index (χ3n) is 0.425. The van der Waals surface area contributed by atoms with Crippen molar-refractivity contribution in [3.8, 4) is 0 Å². The van der Waals surface area contributed by atoms with Crippen LogP contribution in [-0.2, 0) is 18.2 Å². The number of hydrogen-bond acceptors (Lipinski definition) is 7. The van der Waals surface area contributed by atoms with Crippen LogP contribution in [0.4, 0.5) is 0 Å². The molecule has 7 nitrogen and oxygen atoms in total. The normalized spacial score (nSPS) is 16.6. The largest absolute Gasteiger partial charge is 1.00 e. The fourth-order valence-corrected chi connectivity index (χ4v) is 0.786. The standard InChI is InChI=1S/CH7NO6P2.2Na/c2-1(7-9(3)4)8-10(5)6;;/h1,9-10H,2H2,(H,3,4)(H,5,6);;/q;2*+1/p-2. The molecule has 0 rings (SSSR count). The van der Waals surface area contributed by atoms with Gasteiger partial charge in [0.1, 0.15) is 16.5 Å². The molecular weight excluding hydrogens is 230 g/mol. The van der Waals surface area contributed by atoms with E-state index in [0.717, 1.165) is 0 Å². The molecule has 0 aliphatic rings. The predicted molar refractivity (Wildman–Crippen MR) is 28.1 cm³/mol. The van der Waals surface area contributed by atoms with E-state index in [1.807, 2.05) is 0 Å². The van der Waals surface area contributed by atoms with Crippen molar-refractivity contribution >= 4 is 16.5 Å². The van der Waals surface area contributed by atoms with E-state index < -0.39 is 22.9 Å². The molecule has 0 fully saturated rings. The van der Waals surface area contributed by atoms with Gasteiger partial charge < -0.3 is 18.9 Å². The second-order valence-corrected chi connectivity index (χ2v) is 2.58. The molecular formula is CH5NNa2O6P2. The molecule has 0 aromatic carbocycles. The van der Waals surface area contributed by atoms with E-state index in [4.69, 9.17) is 0 Å². The monoisotopic (exact) mass is 235 g/mol. The Bertz CT molecular complexity index is 138. The quantitative estimate of drug-likeness (QED) is 0.291. The zero-order valence-corrected chi connectivity index (χ0v) is 12.6. The van der Waals surface area contributed by atoms with Crippen molar-refractivity contribution in [2.45, 2.75) is 6.41 Å². The molecule has 11 heteroatoms. The molecule has 0 aromatic rings. The van der Waals surface area contributed by atoms with Crippen molar-refractivity contribution in [1.82, 2.24) is 0 Å². The molecule has 0 aliphatic carbocycles. The molecule has 0 heterocycles. The van der Waals surface area contributed by atoms with Crippen molar-refractivity contribution in [2.24, 2.45) is 5.73 Å². The Labute approximate surface area is 114 Å². The molecule has 0 saturated heterocycles. The first-order chi connectivity index (χ1) is 4.52. The molecule has 0 aromatic heterocycles. The fourth-order valence-electron chi connectivity index (χ4n) is 0.214. The summed E-state index contributed by atoms with van der Waals surface area (Å²) in [5.74, 6) is 0. The molecule has 2 unspecified atom stereocenters. The van der Waals surface area contributed by atoms with E-state index >= 15 is 0 Å². The van der Waals surface area contributed by atoms with E-state index in [9.17, 15) is 18.9 Å². The van der Waals surface area contributed by atoms with Crippen molar-refractivity contribution in [3.05, 3.63) is 0 Å². The molecule has 0 bridgehead atoms. The second-order valence-electron chi connectivity index (χ2n) is 1.10. The van der Waals surface area contributed by atoms with Crippen LogP contribution in [0.3, 0.4) is 0 Å². The smallest absolute Gasteiger partial charge is 0.781 e. The third kappa shape index (κ3) is 14.8. The number of nitrogens with two attached hydrogens (primary N) is 1. The summed E-state index contributed by atoms with van der Waals surface area (Å²) in [7, 11) is -6.98. The van der Waals surface area contributed by atoms with E-state index in [0.29, 0.717) is 0 Å². The summed E-state index contributed by atoms with van der Waals surface area (Å²) in [5.41, 5.74) is 4.68. The van der Waals surface area contributed by atoms with Gasteiger partial charge in [-0.25, -0.2) is 0 Å². The minimum absolute atomic E-state index is 0. The maximum Gasteiger partial charge on any atom is 1.00 e. The van der Waals surface area contributed by atoms with Gasteiger partial charge >= 0.3 is 59.1 Å². The second kappa shape index (κ2) is 11.3. The van der Waals surface area contributed by atoms with Gasteiger partial charge in [0, 0.05) is 0 Å². The van der Waals surface area contributed by atoms with Crippen molar-refractivity contribution in [1.29, 1.82) is 0 Å². The molecule has 2 atom stereocenters. The minimum Gasteiger partial charge on any atom is -0.781 e. The first-order valence-electron chi connectivity index (χ1n) is 2.03. The summed E-state index contributed by atoms with van der Waals surface area (Å²) in [6, 6.07) is 0. The van der Waals surface area contributed by atoms with Crippen LogP contribution in [0.25, 0.3) is 0 Å². The summed E-state index contributed by atoms with van der Waals surface area (Å²) >= 11 is 0. The maximum atomic E-state index is 9.69. The Kier molecular flexibility index (Phi) is 18.7. The third-order valence-corrected chi connectivity index (χ3v) is 1.27. The topological polar surface area (TPSA) is 125 Å². The molecule has 0 spiro atoms. The Morgan fingerprint density at radius 2 is 1.33 bits per heavy atom. The Hall–Kier alpha value is 2.26. The van der Waals surface area contributed by atoms with Crippen LogP contribution in [0, 0.1) is 0 Å². The maximum absolute atomic E-state index is 9.69. The zero-order chi connectivity index (χ0) is 8.15. The van der Waals surface area contributed by atoms with Crippen molar-refractivity contribution < 1.29 is 87.1 Å². The van der Waals surface area contributed by atoms with Gasteiger partial charge in [0.05, 0.1) is 0 Å². The summed E-state index contributed by atoms with van der Waals surface area (Å²) in [4.78, 5) is 19.4. The van der Waals surface area contributed by atoms with Gasteiger partial charge in [-0.3, -0.25) is 14.8 Å². The average Bonchev–Trinajstić information content (AvgIpc) is 1.58. The van der Waals surface area contributed by atoms with Crippen molar-refractivity contribution in [3.63, 3.8) is 0 Å². The van der Waals surface area contributed by atoms with Gasteiger partial charge in [-0.2, -0.15) is 0 Å². The van der Waals surface area contributed by atoms with E-state index in [-0.39, 0.29) is 59.1 Å². The average molecular weight is 235 g/mol. The fraction of sp³-hybridized carbons (Fsp3) is 1.00. The molecule has 0 aliphatic heterocycles. The van der Waals surface area contributed by atoms with Crippen LogP contribution in [0.5, 0.6) is 0 Å². The summed E-state index contributed by atoms with van der Waals surface area (Å²) < 4.78 is 26.8. The molecule has 0 radical (unpaired) electrons. The minimum atomic E-state index is -3.49. The van der Waals surface area contributed by atoms with Crippen LogP contribution in [-0.4, -0.2) is 6.41 Å². The van der Waals surface area contributed by atoms with Gasteiger partial charge in [0.15, 0.2) is 0 Å². The first kappa shape index (κ1) is 19.8. The predicted octanol–water partition coefficient (Wildman–Crippen LogP) is -8.23. The SMILES string of the molecule is NC(O[PH](=O)[O-])O[PH](=O)[O-].[Na+].[Na+]. The Morgan fingerprint density at radius 3 is 1.50 bits per heavy atom. The van der Waals surface area contributed by atoms with E-state index in [1.165, 1.54) is 0 Å². The summed E-state index contributed by atoms with van der Waals surface area (Å²) in [6.45, 7) is 0. The molecule has 0 saturated carbocycles. The molecule has 2 N–H and O–H groups in total. The summed E-state index contributed by atoms with van der Waals surface area (Å²) in [6.07, 6.45) is -1.74. The van der Waals surface area contributed by atoms with Crippen LogP contribution in [0.2, 0.25) is 0 Å². The van der Waals surface area contributed by atoms with Crippen LogP contribution >= 0.6 is 16.5 Å². The number of rotatable bonds is 4. The number of hydrogen-bond donors (Lipinski definition) is 1. The van der Waals surface area contributed by atoms with E-state index in [1.54, 1.807) is 0 Å². The van der Waals surface area contributed by atoms with Gasteiger partial charge in [-0.15, -0.1) is 0 Å².